The van der Waals surface area contributed by atoms with Crippen molar-refractivity contribution in [3.63, 3.8) is 0 Å². The quantitative estimate of drug-likeness (QED) is 0.357. The summed E-state index contributed by atoms with van der Waals surface area (Å²) in [7, 11) is -0.712. The number of nitrogens with zero attached hydrogens (tertiary/aromatic N) is 1. The van der Waals surface area contributed by atoms with E-state index in [1.807, 2.05) is 61.5 Å². The predicted molar refractivity (Wildman–Crippen MR) is 135 cm³/mol. The molecule has 0 aliphatic carbocycles. The van der Waals surface area contributed by atoms with E-state index in [-0.39, 0.29) is 18.0 Å². The van der Waals surface area contributed by atoms with E-state index in [2.05, 4.69) is 0 Å². The number of benzene rings is 4. The molecule has 4 aromatic rings. The maximum Gasteiger partial charge on any atom is 0.337 e. The van der Waals surface area contributed by atoms with E-state index >= 15 is 0 Å². The highest BCUT2D eigenvalue weighted by Crippen LogP contribution is 2.41. The summed E-state index contributed by atoms with van der Waals surface area (Å²) in [4.78, 5) is 12.5. The number of rotatable bonds is 5. The van der Waals surface area contributed by atoms with Crippen molar-refractivity contribution in [2.45, 2.75) is 24.9 Å². The Hall–Kier alpha value is -3.68. The molecule has 0 bridgehead atoms. The van der Waals surface area contributed by atoms with Crippen LogP contribution in [0, 0.1) is 6.92 Å². The number of methoxy groups -OCH3 is 2. The fraction of sp³-hybridized carbons (Fsp3) is 0.179. The van der Waals surface area contributed by atoms with Crippen LogP contribution in [0.2, 0.25) is 0 Å². The van der Waals surface area contributed by atoms with E-state index in [0.717, 1.165) is 44.3 Å². The minimum absolute atomic E-state index is 0.241. The van der Waals surface area contributed by atoms with Gasteiger partial charge >= 0.3 is 5.97 Å². The van der Waals surface area contributed by atoms with Gasteiger partial charge in [-0.25, -0.2) is 13.2 Å². The van der Waals surface area contributed by atoms with E-state index in [4.69, 9.17) is 9.47 Å². The molecule has 0 unspecified atom stereocenters. The monoisotopic (exact) mass is 487 g/mol. The van der Waals surface area contributed by atoms with Gasteiger partial charge in [0.1, 0.15) is 5.75 Å². The molecule has 178 valence electrons. The minimum Gasteiger partial charge on any atom is -0.497 e. The number of ether oxygens (including phenoxy) is 2. The summed E-state index contributed by atoms with van der Waals surface area (Å²) in [6.07, 6.45) is 0. The lowest BCUT2D eigenvalue weighted by molar-refractivity contribution is 0.0601. The normalized spacial score (nSPS) is 13.6. The first-order valence-corrected chi connectivity index (χ1v) is 12.6. The van der Waals surface area contributed by atoms with Crippen LogP contribution in [0.4, 0.5) is 0 Å². The fourth-order valence-corrected chi connectivity index (χ4v) is 5.99. The average Bonchev–Trinajstić information content (AvgIpc) is 3.31. The molecule has 0 amide bonds. The Labute approximate surface area is 204 Å². The summed E-state index contributed by atoms with van der Waals surface area (Å²) in [5, 5.41) is 1.79. The fourth-order valence-electron chi connectivity index (χ4n) is 4.60. The van der Waals surface area contributed by atoms with Crippen molar-refractivity contribution < 1.29 is 22.7 Å². The van der Waals surface area contributed by atoms with Gasteiger partial charge in [-0.3, -0.25) is 0 Å². The summed E-state index contributed by atoms with van der Waals surface area (Å²) in [5.74, 6) is 0.307. The van der Waals surface area contributed by atoms with Crippen LogP contribution in [0.3, 0.4) is 0 Å². The van der Waals surface area contributed by atoms with Crippen molar-refractivity contribution in [3.8, 4) is 16.9 Å². The maximum absolute atomic E-state index is 13.5. The lowest BCUT2D eigenvalue weighted by Gasteiger charge is -2.16. The van der Waals surface area contributed by atoms with Crippen LogP contribution in [0.15, 0.2) is 77.7 Å². The zero-order valence-corrected chi connectivity index (χ0v) is 20.6. The van der Waals surface area contributed by atoms with Crippen LogP contribution in [0.1, 0.15) is 27.0 Å². The molecule has 1 aliphatic rings. The highest BCUT2D eigenvalue weighted by molar-refractivity contribution is 7.89. The molecule has 5 rings (SSSR count). The second-order valence-electron chi connectivity index (χ2n) is 8.63. The molecule has 0 atom stereocenters. The smallest absolute Gasteiger partial charge is 0.337 e. The molecule has 1 heterocycles. The molecule has 0 N–H and O–H groups in total. The molecule has 35 heavy (non-hydrogen) atoms. The van der Waals surface area contributed by atoms with Crippen LogP contribution in [-0.4, -0.2) is 32.9 Å². The van der Waals surface area contributed by atoms with Gasteiger partial charge in [-0.2, -0.15) is 4.31 Å². The third-order valence-corrected chi connectivity index (χ3v) is 8.29. The van der Waals surface area contributed by atoms with Crippen molar-refractivity contribution in [1.82, 2.24) is 4.31 Å². The molecule has 1 aliphatic heterocycles. The highest BCUT2D eigenvalue weighted by atomic mass is 32.2. The lowest BCUT2D eigenvalue weighted by Crippen LogP contribution is -2.25. The second-order valence-corrected chi connectivity index (χ2v) is 10.6. The second kappa shape index (κ2) is 8.83. The van der Waals surface area contributed by atoms with Crippen LogP contribution in [0.5, 0.6) is 5.75 Å². The van der Waals surface area contributed by atoms with Gasteiger partial charge in [-0.15, -0.1) is 0 Å². The van der Waals surface area contributed by atoms with Crippen molar-refractivity contribution in [1.29, 1.82) is 0 Å². The van der Waals surface area contributed by atoms with Gasteiger partial charge in [0.05, 0.1) is 24.7 Å². The van der Waals surface area contributed by atoms with Crippen LogP contribution < -0.4 is 4.74 Å². The Bertz CT molecular complexity index is 1540. The summed E-state index contributed by atoms with van der Waals surface area (Å²) < 4.78 is 38.7. The van der Waals surface area contributed by atoms with E-state index in [1.54, 1.807) is 25.3 Å². The molecule has 4 aromatic carbocycles. The largest absolute Gasteiger partial charge is 0.497 e. The molecule has 7 heteroatoms. The predicted octanol–water partition coefficient (Wildman–Crippen LogP) is 5.31. The lowest BCUT2D eigenvalue weighted by atomic mass is 9.90. The Balaban J connectivity index is 1.68. The molecule has 0 aromatic heterocycles. The molecule has 0 saturated carbocycles. The number of carbonyl (C=O) groups excluding carboxylic acids is 1. The Morgan fingerprint density at radius 1 is 0.886 bits per heavy atom. The van der Waals surface area contributed by atoms with E-state index in [0.29, 0.717) is 5.56 Å². The molecular weight excluding hydrogens is 462 g/mol. The van der Waals surface area contributed by atoms with Crippen molar-refractivity contribution >= 4 is 26.8 Å². The van der Waals surface area contributed by atoms with Crippen LogP contribution >= 0.6 is 0 Å². The molecule has 0 saturated heterocycles. The summed E-state index contributed by atoms with van der Waals surface area (Å²) in [5.41, 5.74) is 5.15. The van der Waals surface area contributed by atoms with E-state index in [1.165, 1.54) is 11.4 Å². The standard InChI is InChI=1S/C28H25NO5S/c1-18-4-12-24(13-5-18)35(31,32)29-16-22-14-20-6-7-21(28(30)34-3)15-25(20)27(26(22)17-29)19-8-10-23(33-2)11-9-19/h4-15H,16-17H2,1-3H3. The SMILES string of the molecule is COC(=O)c1ccc2cc3c(c(-c4ccc(OC)cc4)c2c1)CN(S(=O)(=O)c1ccc(C)cc1)C3. The van der Waals surface area contributed by atoms with Gasteiger partial charge in [-0.1, -0.05) is 35.9 Å². The number of hydrogen-bond acceptors (Lipinski definition) is 5. The number of carbonyl (C=O) groups is 1. The summed E-state index contributed by atoms with van der Waals surface area (Å²) >= 11 is 0. The molecular formula is C28H25NO5S. The van der Waals surface area contributed by atoms with Crippen molar-refractivity contribution in [2.24, 2.45) is 0 Å². The average molecular weight is 488 g/mol. The van der Waals surface area contributed by atoms with E-state index in [9.17, 15) is 13.2 Å². The number of fused-ring (bicyclic) bond motifs is 2. The summed E-state index contributed by atoms with van der Waals surface area (Å²) in [6.45, 7) is 2.45. The van der Waals surface area contributed by atoms with Crippen molar-refractivity contribution in [2.75, 3.05) is 14.2 Å². The van der Waals surface area contributed by atoms with Crippen LogP contribution in [-0.2, 0) is 27.8 Å². The van der Waals surface area contributed by atoms with E-state index < -0.39 is 16.0 Å². The van der Waals surface area contributed by atoms with Gasteiger partial charge in [0.25, 0.3) is 0 Å². The number of esters is 1. The third-order valence-electron chi connectivity index (χ3n) is 6.48. The first-order chi connectivity index (χ1) is 16.8. The van der Waals surface area contributed by atoms with Gasteiger partial charge in [0.15, 0.2) is 0 Å². The third kappa shape index (κ3) is 4.07. The number of sulfonamides is 1. The molecule has 6 nitrogen and oxygen atoms in total. The first-order valence-electron chi connectivity index (χ1n) is 11.2. The minimum atomic E-state index is -3.68. The summed E-state index contributed by atoms with van der Waals surface area (Å²) in [6, 6.07) is 22.0. The Morgan fingerprint density at radius 3 is 2.26 bits per heavy atom. The van der Waals surface area contributed by atoms with Gasteiger partial charge < -0.3 is 9.47 Å². The topological polar surface area (TPSA) is 72.9 Å². The molecule has 0 fully saturated rings. The first kappa shape index (κ1) is 23.1. The zero-order chi connectivity index (χ0) is 24.7. The molecule has 0 radical (unpaired) electrons. The number of hydrogen-bond donors (Lipinski definition) is 0. The molecule has 0 spiro atoms. The van der Waals surface area contributed by atoms with Crippen molar-refractivity contribution in [3.05, 3.63) is 95.1 Å². The Morgan fingerprint density at radius 2 is 1.60 bits per heavy atom. The zero-order valence-electron chi connectivity index (χ0n) is 19.7. The Kier molecular flexibility index (Phi) is 5.83. The van der Waals surface area contributed by atoms with Gasteiger partial charge in [0, 0.05) is 13.1 Å². The van der Waals surface area contributed by atoms with Gasteiger partial charge in [-0.05, 0) is 82.4 Å². The van der Waals surface area contributed by atoms with Crippen LogP contribution in [0.25, 0.3) is 21.9 Å². The van der Waals surface area contributed by atoms with Gasteiger partial charge in [0.2, 0.25) is 10.0 Å². The highest BCUT2D eigenvalue weighted by Gasteiger charge is 2.33. The number of aryl methyl sites for hydroxylation is 1. The maximum atomic E-state index is 13.5.